The molecule has 268 valence electrons. The second kappa shape index (κ2) is 16.8. The van der Waals surface area contributed by atoms with E-state index < -0.39 is 35.4 Å². The van der Waals surface area contributed by atoms with Gasteiger partial charge in [0.05, 0.1) is 6.33 Å². The first-order valence-corrected chi connectivity index (χ1v) is 17.3. The molecule has 0 aliphatic heterocycles. The predicted molar refractivity (Wildman–Crippen MR) is 194 cm³/mol. The lowest BCUT2D eigenvalue weighted by atomic mass is 9.95. The maximum absolute atomic E-state index is 14.8. The van der Waals surface area contributed by atoms with Crippen molar-refractivity contribution in [1.29, 1.82) is 0 Å². The maximum Gasteiger partial charge on any atom is 0.408 e. The van der Waals surface area contributed by atoms with E-state index in [1.807, 2.05) is 84.9 Å². The number of nitrogens with zero attached hydrogens (tertiary/aromatic N) is 2. The maximum atomic E-state index is 14.8. The van der Waals surface area contributed by atoms with E-state index in [4.69, 9.17) is 9.47 Å². The Labute approximate surface area is 302 Å². The summed E-state index contributed by atoms with van der Waals surface area (Å²) in [6.07, 6.45) is 4.01. The molecule has 5 aromatic rings. The number of likely N-dealkylation sites (N-methyl/N-ethyl adjacent to an activating group) is 1. The number of H-pyrrole nitrogens is 1. The first-order valence-electron chi connectivity index (χ1n) is 17.3. The summed E-state index contributed by atoms with van der Waals surface area (Å²) in [7, 11) is 1.55. The fourth-order valence-corrected chi connectivity index (χ4v) is 6.17. The Kier molecular flexibility index (Phi) is 11.6. The van der Waals surface area contributed by atoms with Gasteiger partial charge in [-0.3, -0.25) is 9.59 Å². The lowest BCUT2D eigenvalue weighted by Crippen LogP contribution is -2.56. The molecule has 11 heteroatoms. The van der Waals surface area contributed by atoms with Gasteiger partial charge in [-0.1, -0.05) is 91.0 Å². The van der Waals surface area contributed by atoms with E-state index >= 15 is 0 Å². The van der Waals surface area contributed by atoms with Crippen LogP contribution in [0.4, 0.5) is 9.18 Å². The molecule has 0 unspecified atom stereocenters. The number of carbonyl (C=O) groups is 3. The van der Waals surface area contributed by atoms with Crippen LogP contribution in [0, 0.1) is 5.82 Å². The normalized spacial score (nSPS) is 14.0. The van der Waals surface area contributed by atoms with Gasteiger partial charge in [0.15, 0.2) is 0 Å². The van der Waals surface area contributed by atoms with E-state index in [9.17, 15) is 18.8 Å². The molecule has 3 N–H and O–H groups in total. The number of benzene rings is 4. The molecular weight excluding hydrogens is 661 g/mol. The number of halogens is 1. The third-order valence-corrected chi connectivity index (χ3v) is 9.40. The van der Waals surface area contributed by atoms with Gasteiger partial charge in [0.2, 0.25) is 11.8 Å². The molecule has 1 aromatic heterocycles. The summed E-state index contributed by atoms with van der Waals surface area (Å²) >= 11 is 0. The van der Waals surface area contributed by atoms with E-state index in [1.54, 1.807) is 31.4 Å². The van der Waals surface area contributed by atoms with Gasteiger partial charge in [-0.25, -0.2) is 14.2 Å². The molecule has 1 saturated carbocycles. The van der Waals surface area contributed by atoms with Crippen LogP contribution in [0.5, 0.6) is 5.75 Å². The minimum absolute atomic E-state index is 0.0212. The third-order valence-electron chi connectivity index (χ3n) is 9.40. The Morgan fingerprint density at radius 2 is 1.50 bits per heavy atom. The summed E-state index contributed by atoms with van der Waals surface area (Å²) in [5, 5.41) is 5.73. The highest BCUT2D eigenvalue weighted by Crippen LogP contribution is 2.48. The lowest BCUT2D eigenvalue weighted by Gasteiger charge is -2.31. The van der Waals surface area contributed by atoms with E-state index in [-0.39, 0.29) is 31.8 Å². The van der Waals surface area contributed by atoms with Gasteiger partial charge in [-0.15, -0.1) is 0 Å². The number of hydrogen-bond acceptors (Lipinski definition) is 6. The number of hydrogen-bond donors (Lipinski definition) is 3. The highest BCUT2D eigenvalue weighted by Gasteiger charge is 2.46. The highest BCUT2D eigenvalue weighted by molar-refractivity contribution is 5.91. The molecule has 4 aromatic carbocycles. The fraction of sp³-hybridized carbons (Fsp3) is 0.268. The van der Waals surface area contributed by atoms with E-state index in [2.05, 4.69) is 20.6 Å². The zero-order chi connectivity index (χ0) is 36.3. The number of amides is 3. The van der Waals surface area contributed by atoms with Crippen LogP contribution in [-0.2, 0) is 45.8 Å². The Hall–Kier alpha value is -5.97. The summed E-state index contributed by atoms with van der Waals surface area (Å²) in [5.74, 6) is -0.532. The molecule has 0 radical (unpaired) electrons. The number of imidazole rings is 1. The van der Waals surface area contributed by atoms with Gasteiger partial charge in [0.25, 0.3) is 0 Å². The van der Waals surface area contributed by atoms with Gasteiger partial charge in [0, 0.05) is 43.7 Å². The van der Waals surface area contributed by atoms with Crippen LogP contribution in [0.3, 0.4) is 0 Å². The predicted octanol–water partition coefficient (Wildman–Crippen LogP) is 5.88. The van der Waals surface area contributed by atoms with Crippen LogP contribution in [0.15, 0.2) is 122 Å². The average Bonchev–Trinajstić information content (AvgIpc) is 3.79. The van der Waals surface area contributed by atoms with Gasteiger partial charge in [-0.05, 0) is 53.3 Å². The van der Waals surface area contributed by atoms with Gasteiger partial charge >= 0.3 is 6.09 Å². The molecule has 1 heterocycles. The molecule has 52 heavy (non-hydrogen) atoms. The van der Waals surface area contributed by atoms with E-state index in [0.29, 0.717) is 23.6 Å². The number of aromatic nitrogens is 2. The van der Waals surface area contributed by atoms with E-state index in [0.717, 1.165) is 29.5 Å². The number of alkyl carbamates (subject to hydrolysis) is 1. The van der Waals surface area contributed by atoms with Gasteiger partial charge in [-0.2, -0.15) is 0 Å². The SMILES string of the molecule is CN(C(=O)[C@H](Cc1cnc[nH]1)NC(=O)OCc1ccccc1)[C@@H](Cc1ccc(OCc2ccccc2)cc1)C(=O)NCC1(c2ccccc2F)CC1. The number of ether oxygens (including phenoxy) is 2. The van der Waals surface area contributed by atoms with Crippen molar-refractivity contribution in [2.45, 2.75) is 56.4 Å². The van der Waals surface area contributed by atoms with Crippen molar-refractivity contribution in [2.75, 3.05) is 13.6 Å². The van der Waals surface area contributed by atoms with Gasteiger partial charge in [0.1, 0.15) is 36.9 Å². The monoisotopic (exact) mass is 703 g/mol. The topological polar surface area (TPSA) is 126 Å². The molecule has 1 fully saturated rings. The summed E-state index contributed by atoms with van der Waals surface area (Å²) in [6, 6.07) is 31.0. The van der Waals surface area contributed by atoms with Crippen molar-refractivity contribution in [3.63, 3.8) is 0 Å². The van der Waals surface area contributed by atoms with Crippen molar-refractivity contribution >= 4 is 17.9 Å². The number of rotatable bonds is 16. The highest BCUT2D eigenvalue weighted by atomic mass is 19.1. The summed E-state index contributed by atoms with van der Waals surface area (Å²) in [5.41, 5.74) is 3.31. The second-order valence-corrected chi connectivity index (χ2v) is 13.1. The van der Waals surface area contributed by atoms with Crippen molar-refractivity contribution < 1.29 is 28.2 Å². The smallest absolute Gasteiger partial charge is 0.408 e. The largest absolute Gasteiger partial charge is 0.489 e. The van der Waals surface area contributed by atoms with Gasteiger partial charge < -0.3 is 30.0 Å². The quantitative estimate of drug-likeness (QED) is 0.118. The second-order valence-electron chi connectivity index (χ2n) is 13.1. The standard InChI is InChI=1S/C41H42FN5O5/c1-47(39(49)36(23-32-24-43-28-45-32)46-40(50)52-26-31-12-6-3-7-13-31)37(38(48)44-27-41(20-21-41)34-14-8-9-15-35(34)42)22-29-16-18-33(19-17-29)51-25-30-10-4-2-5-11-30/h2-19,24,28,36-37H,20-23,25-27H2,1H3,(H,43,45)(H,44,48)(H,46,50)/t36-,37-/m0/s1. The summed E-state index contributed by atoms with van der Waals surface area (Å²) in [4.78, 5) is 49.7. The van der Waals surface area contributed by atoms with Crippen LogP contribution < -0.4 is 15.4 Å². The van der Waals surface area contributed by atoms with Crippen molar-refractivity contribution in [1.82, 2.24) is 25.5 Å². The van der Waals surface area contributed by atoms with Crippen LogP contribution in [-0.4, -0.2) is 58.5 Å². The van der Waals surface area contributed by atoms with Crippen LogP contribution in [0.1, 0.15) is 40.8 Å². The molecule has 1 aliphatic carbocycles. The molecule has 0 saturated heterocycles. The summed E-state index contributed by atoms with van der Waals surface area (Å²) < 4.78 is 26.2. The molecule has 6 rings (SSSR count). The van der Waals surface area contributed by atoms with Crippen LogP contribution in [0.2, 0.25) is 0 Å². The molecular formula is C41H42FN5O5. The first kappa shape index (κ1) is 35.8. The van der Waals surface area contributed by atoms with Crippen molar-refractivity contribution in [2.24, 2.45) is 0 Å². The minimum Gasteiger partial charge on any atom is -0.489 e. The Bertz CT molecular complexity index is 1920. The molecule has 1 aliphatic rings. The molecule has 0 spiro atoms. The number of nitrogens with one attached hydrogen (secondary N) is 3. The molecule has 0 bridgehead atoms. The fourth-order valence-electron chi connectivity index (χ4n) is 6.17. The number of aromatic amines is 1. The molecule has 2 atom stereocenters. The van der Waals surface area contributed by atoms with Crippen LogP contribution >= 0.6 is 0 Å². The first-order chi connectivity index (χ1) is 25.3. The Morgan fingerprint density at radius 1 is 0.846 bits per heavy atom. The number of carbonyl (C=O) groups excluding carboxylic acids is 3. The van der Waals surface area contributed by atoms with Crippen LogP contribution in [0.25, 0.3) is 0 Å². The average molecular weight is 704 g/mol. The van der Waals surface area contributed by atoms with E-state index in [1.165, 1.54) is 17.3 Å². The Balaban J connectivity index is 1.19. The minimum atomic E-state index is -1.08. The molecule has 3 amide bonds. The Morgan fingerprint density at radius 3 is 2.13 bits per heavy atom. The zero-order valence-corrected chi connectivity index (χ0v) is 29.0. The summed E-state index contributed by atoms with van der Waals surface area (Å²) in [6.45, 7) is 0.650. The zero-order valence-electron chi connectivity index (χ0n) is 29.0. The third kappa shape index (κ3) is 9.42. The van der Waals surface area contributed by atoms with Crippen molar-refractivity contribution in [3.8, 4) is 5.75 Å². The van der Waals surface area contributed by atoms with Crippen molar-refractivity contribution in [3.05, 3.63) is 155 Å². The molecule has 10 nitrogen and oxygen atoms in total. The lowest BCUT2D eigenvalue weighted by molar-refractivity contribution is -0.140.